The van der Waals surface area contributed by atoms with Crippen LogP contribution in [0.3, 0.4) is 0 Å². The summed E-state index contributed by atoms with van der Waals surface area (Å²) in [5.41, 5.74) is 1.13. The van der Waals surface area contributed by atoms with E-state index >= 15 is 0 Å². The Kier molecular flexibility index (Phi) is 3.33. The maximum atomic E-state index is 13.4. The number of carboxylic acids is 1. The first-order valence-electron chi connectivity index (χ1n) is 6.18. The van der Waals surface area contributed by atoms with Gasteiger partial charge in [0, 0.05) is 5.41 Å². The average molecular weight is 277 g/mol. The van der Waals surface area contributed by atoms with Crippen molar-refractivity contribution in [2.24, 2.45) is 0 Å². The van der Waals surface area contributed by atoms with Crippen LogP contribution in [-0.4, -0.2) is 26.1 Å². The van der Waals surface area contributed by atoms with Gasteiger partial charge in [-0.2, -0.15) is 0 Å². The SMILES string of the molecule is Cc1ccc(F)cc1-n1nnc(C(=O)O)c1C(C)(C)C. The van der Waals surface area contributed by atoms with Crippen molar-refractivity contribution in [2.45, 2.75) is 33.1 Å². The number of hydrogen-bond donors (Lipinski definition) is 1. The highest BCUT2D eigenvalue weighted by Gasteiger charge is 2.30. The van der Waals surface area contributed by atoms with E-state index in [4.69, 9.17) is 0 Å². The van der Waals surface area contributed by atoms with Crippen LogP contribution in [0, 0.1) is 12.7 Å². The second kappa shape index (κ2) is 4.70. The molecule has 2 rings (SSSR count). The van der Waals surface area contributed by atoms with Crippen molar-refractivity contribution in [3.63, 3.8) is 0 Å². The number of carboxylic acid groups (broad SMARTS) is 1. The normalized spacial score (nSPS) is 11.7. The van der Waals surface area contributed by atoms with Crippen LogP contribution in [0.2, 0.25) is 0 Å². The third-order valence-corrected chi connectivity index (χ3v) is 2.98. The minimum Gasteiger partial charge on any atom is -0.476 e. The Labute approximate surface area is 116 Å². The summed E-state index contributed by atoms with van der Waals surface area (Å²) in [6.07, 6.45) is 0. The van der Waals surface area contributed by atoms with Crippen molar-refractivity contribution in [1.82, 2.24) is 15.0 Å². The molecule has 0 aliphatic heterocycles. The molecule has 106 valence electrons. The van der Waals surface area contributed by atoms with Crippen molar-refractivity contribution < 1.29 is 14.3 Å². The molecule has 0 saturated heterocycles. The maximum absolute atomic E-state index is 13.4. The molecule has 6 heteroatoms. The van der Waals surface area contributed by atoms with Crippen LogP contribution in [0.4, 0.5) is 4.39 Å². The molecule has 1 aromatic carbocycles. The zero-order valence-corrected chi connectivity index (χ0v) is 11.8. The van der Waals surface area contributed by atoms with Crippen LogP contribution in [0.5, 0.6) is 0 Å². The first-order chi connectivity index (χ1) is 9.21. The molecular weight excluding hydrogens is 261 g/mol. The fourth-order valence-electron chi connectivity index (χ4n) is 2.08. The first kappa shape index (κ1) is 14.2. The number of aromatic nitrogens is 3. The summed E-state index contributed by atoms with van der Waals surface area (Å²) in [7, 11) is 0. The van der Waals surface area contributed by atoms with Crippen LogP contribution < -0.4 is 0 Å². The molecule has 1 aromatic heterocycles. The van der Waals surface area contributed by atoms with Crippen LogP contribution in [0.15, 0.2) is 18.2 Å². The molecule has 1 heterocycles. The van der Waals surface area contributed by atoms with Crippen LogP contribution in [0.1, 0.15) is 42.5 Å². The van der Waals surface area contributed by atoms with Crippen molar-refractivity contribution in [1.29, 1.82) is 0 Å². The van der Waals surface area contributed by atoms with E-state index in [1.807, 2.05) is 27.7 Å². The lowest BCUT2D eigenvalue weighted by atomic mass is 9.90. The van der Waals surface area contributed by atoms with Gasteiger partial charge in [-0.1, -0.05) is 32.1 Å². The number of aromatic carboxylic acids is 1. The lowest BCUT2D eigenvalue weighted by Gasteiger charge is -2.21. The van der Waals surface area contributed by atoms with Gasteiger partial charge in [-0.25, -0.2) is 13.9 Å². The molecule has 0 saturated carbocycles. The zero-order chi connectivity index (χ0) is 15.1. The van der Waals surface area contributed by atoms with E-state index in [1.54, 1.807) is 6.07 Å². The molecule has 0 aliphatic rings. The third-order valence-electron chi connectivity index (χ3n) is 2.98. The molecule has 0 amide bonds. The molecule has 0 fully saturated rings. The molecule has 0 unspecified atom stereocenters. The fraction of sp³-hybridized carbons (Fsp3) is 0.357. The minimum absolute atomic E-state index is 0.110. The smallest absolute Gasteiger partial charge is 0.358 e. The van der Waals surface area contributed by atoms with E-state index < -0.39 is 17.2 Å². The Morgan fingerprint density at radius 1 is 1.35 bits per heavy atom. The van der Waals surface area contributed by atoms with Crippen molar-refractivity contribution in [3.05, 3.63) is 41.0 Å². The molecule has 5 nitrogen and oxygen atoms in total. The summed E-state index contributed by atoms with van der Waals surface area (Å²) in [5, 5.41) is 16.8. The molecule has 0 bridgehead atoms. The highest BCUT2D eigenvalue weighted by Crippen LogP contribution is 2.28. The lowest BCUT2D eigenvalue weighted by Crippen LogP contribution is -2.21. The van der Waals surface area contributed by atoms with Crippen LogP contribution >= 0.6 is 0 Å². The summed E-state index contributed by atoms with van der Waals surface area (Å²) in [6.45, 7) is 7.40. The Bertz CT molecular complexity index is 672. The molecule has 1 N–H and O–H groups in total. The van der Waals surface area contributed by atoms with Gasteiger partial charge in [0.25, 0.3) is 0 Å². The summed E-state index contributed by atoms with van der Waals surface area (Å²) in [5.74, 6) is -1.55. The van der Waals surface area contributed by atoms with Crippen LogP contribution in [0.25, 0.3) is 5.69 Å². The molecule has 0 atom stereocenters. The number of hydrogen-bond acceptors (Lipinski definition) is 3. The van der Waals surface area contributed by atoms with Gasteiger partial charge >= 0.3 is 5.97 Å². The average Bonchev–Trinajstić information content (AvgIpc) is 2.76. The maximum Gasteiger partial charge on any atom is 0.358 e. The Hall–Kier alpha value is -2.24. The van der Waals surface area contributed by atoms with E-state index in [-0.39, 0.29) is 5.69 Å². The van der Waals surface area contributed by atoms with Crippen LogP contribution in [-0.2, 0) is 5.41 Å². The van der Waals surface area contributed by atoms with Gasteiger partial charge in [0.1, 0.15) is 5.82 Å². The largest absolute Gasteiger partial charge is 0.476 e. The highest BCUT2D eigenvalue weighted by molar-refractivity contribution is 5.87. The highest BCUT2D eigenvalue weighted by atomic mass is 19.1. The number of aryl methyl sites for hydroxylation is 1. The standard InChI is InChI=1S/C14H16FN3O2/c1-8-5-6-9(15)7-10(8)18-12(14(2,3)4)11(13(19)20)16-17-18/h5-7H,1-4H3,(H,19,20). The second-order valence-electron chi connectivity index (χ2n) is 5.68. The zero-order valence-electron chi connectivity index (χ0n) is 11.8. The second-order valence-corrected chi connectivity index (χ2v) is 5.68. The number of benzene rings is 1. The predicted octanol–water partition coefficient (Wildman–Crippen LogP) is 2.71. The van der Waals surface area contributed by atoms with Gasteiger partial charge in [-0.3, -0.25) is 0 Å². The first-order valence-corrected chi connectivity index (χ1v) is 6.18. The number of rotatable bonds is 2. The summed E-state index contributed by atoms with van der Waals surface area (Å²) in [6, 6.07) is 4.30. The van der Waals surface area contributed by atoms with E-state index in [0.29, 0.717) is 11.4 Å². The van der Waals surface area contributed by atoms with Crippen molar-refractivity contribution >= 4 is 5.97 Å². The summed E-state index contributed by atoms with van der Waals surface area (Å²) >= 11 is 0. The number of carbonyl (C=O) groups is 1. The van der Waals surface area contributed by atoms with Crippen molar-refractivity contribution in [3.8, 4) is 5.69 Å². The van der Waals surface area contributed by atoms with E-state index in [1.165, 1.54) is 16.8 Å². The third kappa shape index (κ3) is 2.41. The van der Waals surface area contributed by atoms with Gasteiger partial charge in [0.15, 0.2) is 5.69 Å². The van der Waals surface area contributed by atoms with Gasteiger partial charge < -0.3 is 5.11 Å². The lowest BCUT2D eigenvalue weighted by molar-refractivity contribution is 0.0687. The molecule has 0 aliphatic carbocycles. The van der Waals surface area contributed by atoms with E-state index in [9.17, 15) is 14.3 Å². The topological polar surface area (TPSA) is 68.0 Å². The number of halogens is 1. The van der Waals surface area contributed by atoms with Gasteiger partial charge in [0.05, 0.1) is 11.4 Å². The Morgan fingerprint density at radius 3 is 2.55 bits per heavy atom. The Morgan fingerprint density at radius 2 is 2.00 bits per heavy atom. The van der Waals surface area contributed by atoms with E-state index in [0.717, 1.165) is 5.56 Å². The minimum atomic E-state index is -1.14. The van der Waals surface area contributed by atoms with Crippen molar-refractivity contribution in [2.75, 3.05) is 0 Å². The molecule has 0 spiro atoms. The Balaban J connectivity index is 2.75. The molecule has 2 aromatic rings. The summed E-state index contributed by atoms with van der Waals surface area (Å²) < 4.78 is 14.9. The monoisotopic (exact) mass is 277 g/mol. The molecule has 0 radical (unpaired) electrons. The fourth-order valence-corrected chi connectivity index (χ4v) is 2.08. The molecule has 20 heavy (non-hydrogen) atoms. The molecular formula is C14H16FN3O2. The summed E-state index contributed by atoms with van der Waals surface area (Å²) in [4.78, 5) is 11.3. The number of nitrogens with zero attached hydrogens (tertiary/aromatic N) is 3. The van der Waals surface area contributed by atoms with Gasteiger partial charge in [-0.15, -0.1) is 5.10 Å². The van der Waals surface area contributed by atoms with E-state index in [2.05, 4.69) is 10.3 Å². The van der Waals surface area contributed by atoms with Gasteiger partial charge in [-0.05, 0) is 24.6 Å². The predicted molar refractivity (Wildman–Crippen MR) is 71.7 cm³/mol. The quantitative estimate of drug-likeness (QED) is 0.916. The van der Waals surface area contributed by atoms with Gasteiger partial charge in [0.2, 0.25) is 0 Å².